The molecule has 0 aliphatic rings. The summed E-state index contributed by atoms with van der Waals surface area (Å²) in [5, 5.41) is 0. The zero-order valence-corrected chi connectivity index (χ0v) is 8.33. The van der Waals surface area contributed by atoms with E-state index in [1.807, 2.05) is 0 Å². The van der Waals surface area contributed by atoms with Gasteiger partial charge >= 0.3 is 0 Å². The van der Waals surface area contributed by atoms with E-state index in [1.54, 1.807) is 12.1 Å². The summed E-state index contributed by atoms with van der Waals surface area (Å²) in [6.45, 7) is 2.86. The van der Waals surface area contributed by atoms with Crippen LogP contribution < -0.4 is 9.68 Å². The predicted molar refractivity (Wildman–Crippen MR) is 53.2 cm³/mol. The van der Waals surface area contributed by atoms with E-state index in [-0.39, 0.29) is 5.75 Å². The second kappa shape index (κ2) is 6.24. The van der Waals surface area contributed by atoms with Crippen LogP contribution in [0.5, 0.6) is 11.5 Å². The molecule has 0 aromatic heterocycles. The number of ether oxygens (including phenoxy) is 1. The molecular weight excluding hydrogens is 183 g/mol. The molecule has 0 aliphatic heterocycles. The fraction of sp³-hybridized carbons (Fsp3) is 0.455. The van der Waals surface area contributed by atoms with Gasteiger partial charge < -0.3 is 4.74 Å². The Bertz CT molecular complexity index is 246. The Morgan fingerprint density at radius 2 is 1.71 bits per heavy atom. The van der Waals surface area contributed by atoms with Gasteiger partial charge in [-0.3, -0.25) is 4.94 Å². The maximum Gasteiger partial charge on any atom is 0.172 e. The van der Waals surface area contributed by atoms with Crippen molar-refractivity contribution >= 4 is 0 Å². The van der Waals surface area contributed by atoms with Gasteiger partial charge in [0.1, 0.15) is 5.75 Å². The molecule has 0 bridgehead atoms. The highest BCUT2D eigenvalue weighted by Crippen LogP contribution is 2.17. The van der Waals surface area contributed by atoms with Gasteiger partial charge in [0.15, 0.2) is 5.75 Å². The van der Waals surface area contributed by atoms with Crippen molar-refractivity contribution in [2.45, 2.75) is 26.2 Å². The van der Waals surface area contributed by atoms with Crippen molar-refractivity contribution in [3.8, 4) is 11.5 Å². The van der Waals surface area contributed by atoms with Crippen LogP contribution in [0.4, 0.5) is 4.53 Å². The normalized spacial score (nSPS) is 9.86. The highest BCUT2D eigenvalue weighted by Gasteiger charge is 1.95. The van der Waals surface area contributed by atoms with Crippen LogP contribution in [0.2, 0.25) is 0 Å². The highest BCUT2D eigenvalue weighted by atomic mass is 19.3. The minimum atomic E-state index is 0.200. The van der Waals surface area contributed by atoms with Crippen molar-refractivity contribution in [2.24, 2.45) is 0 Å². The highest BCUT2D eigenvalue weighted by molar-refractivity contribution is 5.30. The number of halogens is 1. The minimum absolute atomic E-state index is 0.200. The van der Waals surface area contributed by atoms with Gasteiger partial charge in [0.2, 0.25) is 0 Å². The Morgan fingerprint density at radius 3 is 2.29 bits per heavy atom. The lowest BCUT2D eigenvalue weighted by molar-refractivity contribution is -0.00626. The lowest BCUT2D eigenvalue weighted by Gasteiger charge is -2.05. The number of benzene rings is 1. The number of unbranched alkanes of at least 4 members (excludes halogenated alkanes) is 2. The third-order valence-electron chi connectivity index (χ3n) is 1.93. The van der Waals surface area contributed by atoms with Crippen LogP contribution in [0.3, 0.4) is 0 Å². The van der Waals surface area contributed by atoms with Crippen molar-refractivity contribution in [2.75, 3.05) is 6.61 Å². The molecule has 14 heavy (non-hydrogen) atoms. The first-order valence-corrected chi connectivity index (χ1v) is 4.88. The molecule has 0 fully saturated rings. The molecule has 1 aromatic carbocycles. The summed E-state index contributed by atoms with van der Waals surface area (Å²) in [5.74, 6) is 0.952. The van der Waals surface area contributed by atoms with Crippen molar-refractivity contribution in [1.82, 2.24) is 0 Å². The smallest absolute Gasteiger partial charge is 0.172 e. The van der Waals surface area contributed by atoms with Crippen LogP contribution >= 0.6 is 0 Å². The maximum atomic E-state index is 11.7. The zero-order chi connectivity index (χ0) is 10.2. The van der Waals surface area contributed by atoms with E-state index in [0.29, 0.717) is 6.61 Å². The molecule has 1 aromatic rings. The van der Waals surface area contributed by atoms with Gasteiger partial charge in [-0.1, -0.05) is 19.8 Å². The monoisotopic (exact) mass is 198 g/mol. The average Bonchev–Trinajstić information content (AvgIpc) is 2.25. The fourth-order valence-electron chi connectivity index (χ4n) is 1.13. The largest absolute Gasteiger partial charge is 0.494 e. The predicted octanol–water partition coefficient (Wildman–Crippen LogP) is 3.52. The third-order valence-corrected chi connectivity index (χ3v) is 1.93. The van der Waals surface area contributed by atoms with Crippen LogP contribution in [0.1, 0.15) is 26.2 Å². The molecule has 0 amide bonds. The SMILES string of the molecule is CCCCCOc1ccc(OF)cc1. The molecule has 0 N–H and O–H groups in total. The van der Waals surface area contributed by atoms with Crippen molar-refractivity contribution in [1.29, 1.82) is 0 Å². The molecule has 0 unspecified atom stereocenters. The molecule has 0 saturated heterocycles. The van der Waals surface area contributed by atoms with Gasteiger partial charge in [-0.05, 0) is 30.7 Å². The van der Waals surface area contributed by atoms with Gasteiger partial charge in [0.05, 0.1) is 6.61 Å². The molecular formula is C11H15FO2. The summed E-state index contributed by atoms with van der Waals surface area (Å²) >= 11 is 0. The average molecular weight is 198 g/mol. The summed E-state index contributed by atoms with van der Waals surface area (Å²) in [6.07, 6.45) is 3.40. The Hall–Kier alpha value is -1.25. The van der Waals surface area contributed by atoms with Crippen LogP contribution in [-0.2, 0) is 0 Å². The fourth-order valence-corrected chi connectivity index (χ4v) is 1.13. The summed E-state index contributed by atoms with van der Waals surface area (Å²) in [6, 6.07) is 6.46. The van der Waals surface area contributed by atoms with Crippen LogP contribution in [0.15, 0.2) is 24.3 Å². The van der Waals surface area contributed by atoms with E-state index in [0.717, 1.165) is 12.2 Å². The molecule has 0 spiro atoms. The van der Waals surface area contributed by atoms with Crippen molar-refractivity contribution < 1.29 is 14.2 Å². The molecule has 0 heterocycles. The number of hydrogen-bond acceptors (Lipinski definition) is 2. The molecule has 3 heteroatoms. The molecule has 0 saturated carbocycles. The molecule has 1 rings (SSSR count). The number of rotatable bonds is 6. The summed E-state index contributed by atoms with van der Waals surface area (Å²) in [4.78, 5) is 3.56. The topological polar surface area (TPSA) is 18.5 Å². The van der Waals surface area contributed by atoms with Crippen LogP contribution in [0.25, 0.3) is 0 Å². The van der Waals surface area contributed by atoms with Crippen LogP contribution in [-0.4, -0.2) is 6.61 Å². The molecule has 0 radical (unpaired) electrons. The quantitative estimate of drug-likeness (QED) is 0.651. The molecule has 0 aliphatic carbocycles. The summed E-state index contributed by atoms with van der Waals surface area (Å²) in [5.41, 5.74) is 0. The van der Waals surface area contributed by atoms with E-state index < -0.39 is 0 Å². The first kappa shape index (κ1) is 10.8. The third kappa shape index (κ3) is 3.64. The first-order valence-electron chi connectivity index (χ1n) is 4.88. The van der Waals surface area contributed by atoms with Gasteiger partial charge in [-0.25, -0.2) is 0 Å². The first-order chi connectivity index (χ1) is 6.86. The standard InChI is InChI=1S/C11H15FO2/c1-2-3-4-9-13-10-5-7-11(14-12)8-6-10/h5-8H,2-4,9H2,1H3. The van der Waals surface area contributed by atoms with Gasteiger partial charge in [-0.2, -0.15) is 0 Å². The van der Waals surface area contributed by atoms with E-state index in [4.69, 9.17) is 4.74 Å². The van der Waals surface area contributed by atoms with Gasteiger partial charge in [-0.15, -0.1) is 0 Å². The van der Waals surface area contributed by atoms with E-state index in [2.05, 4.69) is 11.9 Å². The zero-order valence-electron chi connectivity index (χ0n) is 8.33. The Kier molecular flexibility index (Phi) is 4.83. The molecule has 78 valence electrons. The van der Waals surface area contributed by atoms with Crippen molar-refractivity contribution in [3.63, 3.8) is 0 Å². The maximum absolute atomic E-state index is 11.7. The lowest BCUT2D eigenvalue weighted by Crippen LogP contribution is -1.96. The number of hydrogen-bond donors (Lipinski definition) is 0. The van der Waals surface area contributed by atoms with E-state index in [1.165, 1.54) is 25.0 Å². The Labute approximate surface area is 83.5 Å². The summed E-state index contributed by atoms with van der Waals surface area (Å²) in [7, 11) is 0. The van der Waals surface area contributed by atoms with Gasteiger partial charge in [0.25, 0.3) is 0 Å². The molecule has 0 atom stereocenters. The van der Waals surface area contributed by atoms with Gasteiger partial charge in [0, 0.05) is 4.53 Å². The lowest BCUT2D eigenvalue weighted by atomic mass is 10.3. The Morgan fingerprint density at radius 1 is 1.07 bits per heavy atom. The second-order valence-corrected chi connectivity index (χ2v) is 3.10. The molecule has 2 nitrogen and oxygen atoms in total. The second-order valence-electron chi connectivity index (χ2n) is 3.10. The summed E-state index contributed by atoms with van der Waals surface area (Å²) < 4.78 is 17.1. The Balaban J connectivity index is 2.29. The van der Waals surface area contributed by atoms with E-state index in [9.17, 15) is 4.53 Å². The van der Waals surface area contributed by atoms with Crippen molar-refractivity contribution in [3.05, 3.63) is 24.3 Å². The minimum Gasteiger partial charge on any atom is -0.494 e. The van der Waals surface area contributed by atoms with Crippen LogP contribution in [0, 0.1) is 0 Å². The van der Waals surface area contributed by atoms with E-state index >= 15 is 0 Å².